The molecule has 0 radical (unpaired) electrons. The number of aliphatic hydroxyl groups excluding tert-OH is 2. The van der Waals surface area contributed by atoms with Gasteiger partial charge in [-0.15, -0.1) is 0 Å². The number of hydrogen-bond acceptors (Lipinski definition) is 5. The molecule has 3 N–H and O–H groups in total. The van der Waals surface area contributed by atoms with Gasteiger partial charge in [-0.1, -0.05) is 32.1 Å². The molecule has 27 heavy (non-hydrogen) atoms. The Hall–Kier alpha value is -1.56. The van der Waals surface area contributed by atoms with Gasteiger partial charge >= 0.3 is 0 Å². The van der Waals surface area contributed by atoms with Gasteiger partial charge in [-0.05, 0) is 55.2 Å². The highest BCUT2D eigenvalue weighted by atomic mass is 16.3. The molecule has 5 nitrogen and oxygen atoms in total. The van der Waals surface area contributed by atoms with E-state index in [1.165, 1.54) is 0 Å². The second-order valence-corrected chi connectivity index (χ2v) is 9.31. The molecule has 0 aromatic carbocycles. The molecule has 4 aliphatic carbocycles. The molecule has 0 heterocycles. The van der Waals surface area contributed by atoms with E-state index in [9.17, 15) is 24.9 Å². The standard InChI is InChI=1S/C22H28O5/c1-12-8-16-15-5-4-13-9-14(24)6-7-20(13,2)19(15)17(25)10-21(16,3)22(12,27)18(26)11-23/h6-7,9,15-17,19,23,25,27H,1,4-5,8,10-11H2,2-3H3/t15?,16?,17-,19?,20-,21-,22-/m0/s1. The van der Waals surface area contributed by atoms with Crippen LogP contribution in [0.15, 0.2) is 36.0 Å². The lowest BCUT2D eigenvalue weighted by molar-refractivity contribution is -0.173. The van der Waals surface area contributed by atoms with Gasteiger partial charge in [0.05, 0.1) is 6.10 Å². The average Bonchev–Trinajstić information content (AvgIpc) is 2.82. The Morgan fingerprint density at radius 2 is 2.07 bits per heavy atom. The Kier molecular flexibility index (Phi) is 3.98. The highest BCUT2D eigenvalue weighted by Crippen LogP contribution is 2.67. The Bertz CT molecular complexity index is 795. The first kappa shape index (κ1) is 18.8. The molecule has 5 heteroatoms. The van der Waals surface area contributed by atoms with E-state index >= 15 is 0 Å². The topological polar surface area (TPSA) is 94.8 Å². The van der Waals surface area contributed by atoms with Crippen molar-refractivity contribution in [2.24, 2.45) is 28.6 Å². The van der Waals surface area contributed by atoms with Crippen molar-refractivity contribution in [3.8, 4) is 0 Å². The van der Waals surface area contributed by atoms with Crippen molar-refractivity contribution in [3.05, 3.63) is 36.0 Å². The van der Waals surface area contributed by atoms with Gasteiger partial charge in [0.1, 0.15) is 6.61 Å². The van der Waals surface area contributed by atoms with Crippen LogP contribution in [0.5, 0.6) is 0 Å². The Labute approximate surface area is 159 Å². The molecule has 3 fully saturated rings. The van der Waals surface area contributed by atoms with Gasteiger partial charge in [-0.25, -0.2) is 0 Å². The lowest BCUT2D eigenvalue weighted by Crippen LogP contribution is -2.62. The fourth-order valence-corrected chi connectivity index (χ4v) is 6.91. The summed E-state index contributed by atoms with van der Waals surface area (Å²) in [6.45, 7) is 7.19. The third kappa shape index (κ3) is 2.16. The van der Waals surface area contributed by atoms with Crippen LogP contribution < -0.4 is 0 Å². The first-order chi connectivity index (χ1) is 12.6. The van der Waals surface area contributed by atoms with E-state index in [1.54, 1.807) is 12.2 Å². The first-order valence-corrected chi connectivity index (χ1v) is 9.76. The first-order valence-electron chi connectivity index (χ1n) is 9.76. The second-order valence-electron chi connectivity index (χ2n) is 9.31. The van der Waals surface area contributed by atoms with E-state index in [2.05, 4.69) is 13.5 Å². The molecule has 0 saturated heterocycles. The van der Waals surface area contributed by atoms with E-state index < -0.39 is 29.5 Å². The zero-order chi connectivity index (χ0) is 19.8. The van der Waals surface area contributed by atoms with E-state index in [-0.39, 0.29) is 35.4 Å². The minimum Gasteiger partial charge on any atom is -0.393 e. The third-order valence-corrected chi connectivity index (χ3v) is 8.24. The summed E-state index contributed by atoms with van der Waals surface area (Å²) >= 11 is 0. The van der Waals surface area contributed by atoms with Crippen LogP contribution in [-0.4, -0.2) is 45.2 Å². The molecule has 0 bridgehead atoms. The zero-order valence-corrected chi connectivity index (χ0v) is 15.9. The number of hydrogen-bond donors (Lipinski definition) is 3. The molecule has 3 saturated carbocycles. The fraction of sp³-hybridized carbons (Fsp3) is 0.636. The lowest BCUT2D eigenvalue weighted by atomic mass is 9.46. The molecule has 4 rings (SSSR count). The van der Waals surface area contributed by atoms with Gasteiger partial charge in [-0.2, -0.15) is 0 Å². The van der Waals surface area contributed by atoms with Crippen molar-refractivity contribution in [3.63, 3.8) is 0 Å². The number of aliphatic hydroxyl groups is 3. The van der Waals surface area contributed by atoms with Crippen molar-refractivity contribution in [1.29, 1.82) is 0 Å². The number of carbonyl (C=O) groups is 2. The fourth-order valence-electron chi connectivity index (χ4n) is 6.91. The maximum absolute atomic E-state index is 12.5. The summed E-state index contributed by atoms with van der Waals surface area (Å²) in [6, 6.07) is 0. The van der Waals surface area contributed by atoms with E-state index in [0.717, 1.165) is 18.4 Å². The predicted molar refractivity (Wildman–Crippen MR) is 99.6 cm³/mol. The van der Waals surface area contributed by atoms with Crippen molar-refractivity contribution in [2.45, 2.75) is 51.2 Å². The summed E-state index contributed by atoms with van der Waals surface area (Å²) in [5.74, 6) is -0.597. The normalized spacial score (nSPS) is 48.6. The van der Waals surface area contributed by atoms with Gasteiger partial charge in [0, 0.05) is 16.7 Å². The number of fused-ring (bicyclic) bond motifs is 5. The largest absolute Gasteiger partial charge is 0.393 e. The molecular formula is C22H28O5. The summed E-state index contributed by atoms with van der Waals surface area (Å²) in [5.41, 5.74) is -1.52. The lowest BCUT2D eigenvalue weighted by Gasteiger charge is -2.59. The van der Waals surface area contributed by atoms with Crippen LogP contribution in [0.4, 0.5) is 0 Å². The maximum Gasteiger partial charge on any atom is 0.194 e. The molecule has 4 aliphatic rings. The molecule has 0 aliphatic heterocycles. The number of carbonyl (C=O) groups excluding carboxylic acids is 2. The van der Waals surface area contributed by atoms with Crippen molar-refractivity contribution in [1.82, 2.24) is 0 Å². The van der Waals surface area contributed by atoms with Gasteiger partial charge in [0.15, 0.2) is 17.2 Å². The van der Waals surface area contributed by atoms with Crippen LogP contribution in [0, 0.1) is 28.6 Å². The van der Waals surface area contributed by atoms with Crippen LogP contribution in [0.3, 0.4) is 0 Å². The molecular weight excluding hydrogens is 344 g/mol. The summed E-state index contributed by atoms with van der Waals surface area (Å²) in [7, 11) is 0. The van der Waals surface area contributed by atoms with Gasteiger partial charge in [0.25, 0.3) is 0 Å². The molecule has 0 aromatic rings. The van der Waals surface area contributed by atoms with Crippen LogP contribution in [0.2, 0.25) is 0 Å². The summed E-state index contributed by atoms with van der Waals surface area (Å²) in [5, 5.41) is 32.0. The number of rotatable bonds is 2. The SMILES string of the molecule is C=C1CC2C3CCC4=CC(=O)C=C[C@]4(C)C3[C@@H](O)C[C@]2(C)[C@@]1(O)C(=O)CO. The van der Waals surface area contributed by atoms with Crippen molar-refractivity contribution >= 4 is 11.6 Å². The van der Waals surface area contributed by atoms with E-state index in [1.807, 2.05) is 13.0 Å². The summed E-state index contributed by atoms with van der Waals surface area (Å²) in [6.07, 6.45) is 6.87. The van der Waals surface area contributed by atoms with Crippen molar-refractivity contribution in [2.75, 3.05) is 6.61 Å². The predicted octanol–water partition coefficient (Wildman–Crippen LogP) is 1.72. The third-order valence-electron chi connectivity index (χ3n) is 8.24. The van der Waals surface area contributed by atoms with Gasteiger partial charge < -0.3 is 15.3 Å². The van der Waals surface area contributed by atoms with Crippen molar-refractivity contribution < 1.29 is 24.9 Å². The Balaban J connectivity index is 1.79. The van der Waals surface area contributed by atoms with Gasteiger partial charge in [0.2, 0.25) is 0 Å². The highest BCUT2D eigenvalue weighted by molar-refractivity contribution is 6.01. The highest BCUT2D eigenvalue weighted by Gasteiger charge is 2.69. The molecule has 0 spiro atoms. The summed E-state index contributed by atoms with van der Waals surface area (Å²) < 4.78 is 0. The molecule has 146 valence electrons. The Morgan fingerprint density at radius 3 is 2.74 bits per heavy atom. The molecule has 0 amide bonds. The second kappa shape index (κ2) is 5.72. The number of ketones is 2. The minimum absolute atomic E-state index is 0.00306. The minimum atomic E-state index is -1.80. The monoisotopic (exact) mass is 372 g/mol. The van der Waals surface area contributed by atoms with Crippen LogP contribution >= 0.6 is 0 Å². The zero-order valence-electron chi connectivity index (χ0n) is 15.9. The van der Waals surface area contributed by atoms with Crippen LogP contribution in [0.1, 0.15) is 39.5 Å². The van der Waals surface area contributed by atoms with Crippen LogP contribution in [0.25, 0.3) is 0 Å². The Morgan fingerprint density at radius 1 is 1.37 bits per heavy atom. The number of Topliss-reactive ketones (excluding diaryl/α,β-unsaturated/α-hetero) is 1. The van der Waals surface area contributed by atoms with E-state index in [0.29, 0.717) is 12.0 Å². The summed E-state index contributed by atoms with van der Waals surface area (Å²) in [4.78, 5) is 24.3. The molecule has 0 aromatic heterocycles. The van der Waals surface area contributed by atoms with Crippen LogP contribution in [-0.2, 0) is 9.59 Å². The quantitative estimate of drug-likeness (QED) is 0.642. The average molecular weight is 372 g/mol. The van der Waals surface area contributed by atoms with E-state index in [4.69, 9.17) is 0 Å². The molecule has 3 unspecified atom stereocenters. The molecule has 7 atom stereocenters. The smallest absolute Gasteiger partial charge is 0.194 e. The number of allylic oxidation sites excluding steroid dienone is 4. The maximum atomic E-state index is 12.5. The van der Waals surface area contributed by atoms with Gasteiger partial charge in [-0.3, -0.25) is 9.59 Å².